The Hall–Kier alpha value is -2.50. The summed E-state index contributed by atoms with van der Waals surface area (Å²) in [5.74, 6) is -0.822. The van der Waals surface area contributed by atoms with Crippen molar-refractivity contribution in [3.05, 3.63) is 41.2 Å². The van der Waals surface area contributed by atoms with Crippen molar-refractivity contribution in [1.29, 1.82) is 0 Å². The van der Waals surface area contributed by atoms with Gasteiger partial charge in [-0.15, -0.1) is 0 Å². The lowest BCUT2D eigenvalue weighted by molar-refractivity contribution is -0.136. The van der Waals surface area contributed by atoms with E-state index in [2.05, 4.69) is 4.40 Å². The third kappa shape index (κ3) is 3.54. The highest BCUT2D eigenvalue weighted by molar-refractivity contribution is 5.77. The van der Waals surface area contributed by atoms with Crippen LogP contribution in [-0.4, -0.2) is 45.2 Å². The van der Waals surface area contributed by atoms with Crippen LogP contribution in [0.25, 0.3) is 5.52 Å². The van der Waals surface area contributed by atoms with Gasteiger partial charge in [0.15, 0.2) is 0 Å². The first-order chi connectivity index (χ1) is 12.2. The van der Waals surface area contributed by atoms with E-state index < -0.39 is 11.6 Å². The number of fused-ring (bicyclic) bond motifs is 3. The van der Waals surface area contributed by atoms with Crippen molar-refractivity contribution in [1.82, 2.24) is 9.30 Å². The summed E-state index contributed by atoms with van der Waals surface area (Å²) in [5.41, 5.74) is 3.53. The third-order valence-electron chi connectivity index (χ3n) is 4.89. The molecule has 0 fully saturated rings. The van der Waals surface area contributed by atoms with Crippen molar-refractivity contribution >= 4 is 17.6 Å². The molecular formula is C20H26N2O4. The zero-order chi connectivity index (χ0) is 19.1. The molecule has 2 aromatic rings. The molecule has 1 aliphatic rings. The number of carbonyl (C=O) groups excluding carboxylic acids is 1. The molecule has 6 nitrogen and oxygen atoms in total. The van der Waals surface area contributed by atoms with Gasteiger partial charge in [0.25, 0.3) is 0 Å². The molecule has 26 heavy (non-hydrogen) atoms. The maximum Gasteiger partial charge on any atom is 0.410 e. The summed E-state index contributed by atoms with van der Waals surface area (Å²) in [6, 6.07) is 5.87. The van der Waals surface area contributed by atoms with E-state index in [0.29, 0.717) is 6.42 Å². The predicted molar refractivity (Wildman–Crippen MR) is 98.5 cm³/mol. The lowest BCUT2D eigenvalue weighted by Crippen LogP contribution is -2.43. The van der Waals surface area contributed by atoms with Gasteiger partial charge >= 0.3 is 12.1 Å². The fourth-order valence-corrected chi connectivity index (χ4v) is 3.71. The average molecular weight is 358 g/mol. The van der Waals surface area contributed by atoms with Gasteiger partial charge in [-0.25, -0.2) is 4.79 Å². The Balaban J connectivity index is 1.91. The van der Waals surface area contributed by atoms with E-state index in [-0.39, 0.29) is 18.6 Å². The van der Waals surface area contributed by atoms with Gasteiger partial charge in [-0.1, -0.05) is 6.07 Å². The van der Waals surface area contributed by atoms with Crippen molar-refractivity contribution in [3.8, 4) is 0 Å². The zero-order valence-electron chi connectivity index (χ0n) is 15.8. The summed E-state index contributed by atoms with van der Waals surface area (Å²) in [6.07, 6.45) is 3.92. The molecule has 0 radical (unpaired) electrons. The zero-order valence-corrected chi connectivity index (χ0v) is 15.8. The van der Waals surface area contributed by atoms with Crippen LogP contribution < -0.4 is 0 Å². The van der Waals surface area contributed by atoms with Crippen LogP contribution in [0.5, 0.6) is 0 Å². The molecule has 3 rings (SSSR count). The highest BCUT2D eigenvalue weighted by atomic mass is 16.6. The topological polar surface area (TPSA) is 71.2 Å². The highest BCUT2D eigenvalue weighted by Gasteiger charge is 2.32. The number of carbonyl (C=O) groups is 2. The fourth-order valence-electron chi connectivity index (χ4n) is 3.71. The third-order valence-corrected chi connectivity index (χ3v) is 4.89. The number of carboxylic acid groups (broad SMARTS) is 1. The largest absolute Gasteiger partial charge is 0.481 e. The molecule has 0 bridgehead atoms. The number of pyridine rings is 1. The van der Waals surface area contributed by atoms with Gasteiger partial charge in [0.05, 0.1) is 6.42 Å². The highest BCUT2D eigenvalue weighted by Crippen LogP contribution is 2.32. The lowest BCUT2D eigenvalue weighted by atomic mass is 9.89. The van der Waals surface area contributed by atoms with Crippen molar-refractivity contribution in [2.45, 2.75) is 58.1 Å². The molecule has 6 heteroatoms. The number of aromatic nitrogens is 1. The van der Waals surface area contributed by atoms with Crippen LogP contribution in [0.15, 0.2) is 24.4 Å². The molecule has 0 unspecified atom stereocenters. The van der Waals surface area contributed by atoms with Gasteiger partial charge in [0.2, 0.25) is 0 Å². The number of likely N-dealkylation sites (N-methyl/N-ethyl adjacent to an activating group) is 1. The maximum atomic E-state index is 12.4. The average Bonchev–Trinajstić information content (AvgIpc) is 2.86. The molecular weight excluding hydrogens is 332 g/mol. The van der Waals surface area contributed by atoms with Gasteiger partial charge in [0, 0.05) is 36.9 Å². The second kappa shape index (κ2) is 6.67. The molecule has 2 aromatic heterocycles. The summed E-state index contributed by atoms with van der Waals surface area (Å²) >= 11 is 0. The Labute approximate surface area is 153 Å². The SMILES string of the molecule is CN(C(=O)OC(C)(C)C)[C@@H]1CCc2c(CC(=O)O)c3ccccn3c2C1. The first-order valence-corrected chi connectivity index (χ1v) is 8.94. The molecule has 0 saturated carbocycles. The molecule has 140 valence electrons. The van der Waals surface area contributed by atoms with Crippen LogP contribution >= 0.6 is 0 Å². The first kappa shape index (κ1) is 18.3. The number of amides is 1. The number of nitrogens with zero attached hydrogens (tertiary/aromatic N) is 2. The van der Waals surface area contributed by atoms with Crippen LogP contribution in [0.2, 0.25) is 0 Å². The van der Waals surface area contributed by atoms with Crippen molar-refractivity contribution in [2.75, 3.05) is 7.05 Å². The number of hydrogen-bond acceptors (Lipinski definition) is 3. The monoisotopic (exact) mass is 358 g/mol. The van der Waals surface area contributed by atoms with E-state index in [1.807, 2.05) is 45.2 Å². The number of rotatable bonds is 3. The van der Waals surface area contributed by atoms with Crippen molar-refractivity contribution < 1.29 is 19.4 Å². The Morgan fingerprint density at radius 1 is 1.35 bits per heavy atom. The van der Waals surface area contributed by atoms with Gasteiger partial charge in [-0.05, 0) is 56.9 Å². The lowest BCUT2D eigenvalue weighted by Gasteiger charge is -2.33. The van der Waals surface area contributed by atoms with Gasteiger partial charge in [-0.3, -0.25) is 4.79 Å². The van der Waals surface area contributed by atoms with Crippen LogP contribution in [0, 0.1) is 0 Å². The van der Waals surface area contributed by atoms with Crippen LogP contribution in [0.3, 0.4) is 0 Å². The Bertz CT molecular complexity index is 847. The molecule has 0 aliphatic heterocycles. The number of hydrogen-bond donors (Lipinski definition) is 1. The maximum absolute atomic E-state index is 12.4. The van der Waals surface area contributed by atoms with E-state index in [1.54, 1.807) is 11.9 Å². The molecule has 1 amide bonds. The summed E-state index contributed by atoms with van der Waals surface area (Å²) in [6.45, 7) is 5.57. The normalized spacial score (nSPS) is 17.0. The van der Waals surface area contributed by atoms with Crippen LogP contribution in [0.4, 0.5) is 4.79 Å². The van der Waals surface area contributed by atoms with E-state index in [1.165, 1.54) is 0 Å². The Morgan fingerprint density at radius 3 is 2.73 bits per heavy atom. The molecule has 1 atom stereocenters. The summed E-state index contributed by atoms with van der Waals surface area (Å²) in [4.78, 5) is 25.4. The van der Waals surface area contributed by atoms with E-state index in [9.17, 15) is 14.7 Å². The molecule has 1 N–H and O–H groups in total. The van der Waals surface area contributed by atoms with Crippen molar-refractivity contribution in [2.24, 2.45) is 0 Å². The van der Waals surface area contributed by atoms with E-state index in [0.717, 1.165) is 35.2 Å². The smallest absolute Gasteiger partial charge is 0.410 e. The Morgan fingerprint density at radius 2 is 2.08 bits per heavy atom. The van der Waals surface area contributed by atoms with Crippen LogP contribution in [0.1, 0.15) is 44.0 Å². The molecule has 0 aromatic carbocycles. The standard InChI is InChI=1S/C20H26N2O4/c1-20(2,3)26-19(25)21(4)13-8-9-14-15(12-18(23)24)16-7-5-6-10-22(16)17(14)11-13/h5-7,10,13H,8-9,11-12H2,1-4H3,(H,23,24)/t13-/m1/s1. The second-order valence-electron chi connectivity index (χ2n) is 7.92. The predicted octanol–water partition coefficient (Wildman–Crippen LogP) is 3.29. The minimum Gasteiger partial charge on any atom is -0.481 e. The molecule has 1 aliphatic carbocycles. The van der Waals surface area contributed by atoms with Gasteiger partial charge < -0.3 is 19.1 Å². The van der Waals surface area contributed by atoms with E-state index in [4.69, 9.17) is 4.74 Å². The molecule has 2 heterocycles. The summed E-state index contributed by atoms with van der Waals surface area (Å²) in [7, 11) is 1.78. The fraction of sp³-hybridized carbons (Fsp3) is 0.500. The minimum atomic E-state index is -0.822. The summed E-state index contributed by atoms with van der Waals surface area (Å²) in [5, 5.41) is 9.29. The van der Waals surface area contributed by atoms with Crippen molar-refractivity contribution in [3.63, 3.8) is 0 Å². The first-order valence-electron chi connectivity index (χ1n) is 8.94. The molecule has 0 spiro atoms. The van der Waals surface area contributed by atoms with Gasteiger partial charge in [0.1, 0.15) is 5.60 Å². The Kier molecular flexibility index (Phi) is 4.69. The quantitative estimate of drug-likeness (QED) is 0.914. The summed E-state index contributed by atoms with van der Waals surface area (Å²) < 4.78 is 7.56. The minimum absolute atomic E-state index is 0.0232. The van der Waals surface area contributed by atoms with E-state index >= 15 is 0 Å². The molecule has 0 saturated heterocycles. The number of carboxylic acids is 1. The second-order valence-corrected chi connectivity index (χ2v) is 7.92. The number of ether oxygens (including phenoxy) is 1. The van der Waals surface area contributed by atoms with Crippen LogP contribution in [-0.2, 0) is 28.8 Å². The number of aliphatic carboxylic acids is 1. The van der Waals surface area contributed by atoms with Gasteiger partial charge in [-0.2, -0.15) is 0 Å².